The summed E-state index contributed by atoms with van der Waals surface area (Å²) in [6.07, 6.45) is 1.61. The van der Waals surface area contributed by atoms with Gasteiger partial charge in [0.15, 0.2) is 0 Å². The zero-order valence-electron chi connectivity index (χ0n) is 9.51. The Labute approximate surface area is 99.5 Å². The number of furan rings is 1. The lowest BCUT2D eigenvalue weighted by molar-refractivity contribution is -0.139. The maximum atomic E-state index is 11.2. The molecule has 0 bridgehead atoms. The molecule has 90 valence electrons. The average molecular weight is 243 g/mol. The van der Waals surface area contributed by atoms with Crippen molar-refractivity contribution in [1.29, 1.82) is 0 Å². The normalized spacial score (nSPS) is 14.4. The van der Waals surface area contributed by atoms with E-state index in [9.17, 15) is 4.79 Å². The Morgan fingerprint density at radius 1 is 1.69 bits per heavy atom. The zero-order valence-corrected chi connectivity index (χ0v) is 10.3. The molecule has 2 N–H and O–H groups in total. The smallest absolute Gasteiger partial charge is 0.315 e. The highest BCUT2D eigenvalue weighted by Crippen LogP contribution is 2.31. The van der Waals surface area contributed by atoms with Gasteiger partial charge in [-0.1, -0.05) is 0 Å². The Hall–Kier alpha value is -0.940. The number of rotatable bonds is 6. The van der Waals surface area contributed by atoms with Gasteiger partial charge in [0.05, 0.1) is 23.9 Å². The minimum atomic E-state index is -0.218. The molecule has 0 aliphatic carbocycles. The second-order valence-electron chi connectivity index (χ2n) is 3.41. The number of hydrogen-bond acceptors (Lipinski definition) is 5. The van der Waals surface area contributed by atoms with Crippen LogP contribution in [0.4, 0.5) is 0 Å². The predicted molar refractivity (Wildman–Crippen MR) is 64.2 cm³/mol. The molecule has 0 aliphatic heterocycles. The van der Waals surface area contributed by atoms with Crippen molar-refractivity contribution in [3.05, 3.63) is 24.2 Å². The van der Waals surface area contributed by atoms with Gasteiger partial charge in [-0.15, -0.1) is 11.8 Å². The van der Waals surface area contributed by atoms with E-state index >= 15 is 0 Å². The first kappa shape index (κ1) is 13.1. The van der Waals surface area contributed by atoms with Gasteiger partial charge in [0.25, 0.3) is 0 Å². The summed E-state index contributed by atoms with van der Waals surface area (Å²) in [5, 5.41) is -0.0144. The topological polar surface area (TPSA) is 65.5 Å². The SMILES string of the molecule is CCOC(=O)CSC(c1ccco1)C(C)N. The minimum absolute atomic E-state index is 0.0144. The molecule has 1 heterocycles. The standard InChI is InChI=1S/C11H17NO3S/c1-3-14-10(13)7-16-11(8(2)12)9-5-4-6-15-9/h4-6,8,11H,3,7,12H2,1-2H3. The molecular weight excluding hydrogens is 226 g/mol. The van der Waals surface area contributed by atoms with Crippen LogP contribution >= 0.6 is 11.8 Å². The number of carbonyl (C=O) groups excluding carboxylic acids is 1. The molecule has 5 heteroatoms. The van der Waals surface area contributed by atoms with Gasteiger partial charge in [0.2, 0.25) is 0 Å². The summed E-state index contributed by atoms with van der Waals surface area (Å²) in [4.78, 5) is 11.2. The van der Waals surface area contributed by atoms with E-state index in [1.807, 2.05) is 19.1 Å². The number of nitrogens with two attached hydrogens (primary N) is 1. The van der Waals surface area contributed by atoms with Crippen LogP contribution in [0.25, 0.3) is 0 Å². The first-order valence-corrected chi connectivity index (χ1v) is 6.26. The van der Waals surface area contributed by atoms with Gasteiger partial charge in [0, 0.05) is 6.04 Å². The van der Waals surface area contributed by atoms with Crippen LogP contribution in [0.3, 0.4) is 0 Å². The second-order valence-corrected chi connectivity index (χ2v) is 4.54. The Bertz CT molecular complexity index is 311. The minimum Gasteiger partial charge on any atom is -0.468 e. The first-order chi connectivity index (χ1) is 7.65. The molecule has 0 radical (unpaired) electrons. The van der Waals surface area contributed by atoms with Gasteiger partial charge in [-0.2, -0.15) is 0 Å². The van der Waals surface area contributed by atoms with Crippen molar-refractivity contribution in [2.45, 2.75) is 25.1 Å². The van der Waals surface area contributed by atoms with Crippen LogP contribution in [-0.2, 0) is 9.53 Å². The molecule has 1 aromatic heterocycles. The van der Waals surface area contributed by atoms with Crippen LogP contribution in [-0.4, -0.2) is 24.4 Å². The maximum Gasteiger partial charge on any atom is 0.315 e. The molecule has 1 rings (SSSR count). The highest BCUT2D eigenvalue weighted by molar-refractivity contribution is 8.00. The van der Waals surface area contributed by atoms with Gasteiger partial charge in [-0.3, -0.25) is 4.79 Å². The van der Waals surface area contributed by atoms with Crippen LogP contribution in [0.1, 0.15) is 24.9 Å². The molecule has 0 aromatic carbocycles. The lowest BCUT2D eigenvalue weighted by Gasteiger charge is -2.17. The predicted octanol–water partition coefficient (Wildman–Crippen LogP) is 1.96. The molecule has 16 heavy (non-hydrogen) atoms. The van der Waals surface area contributed by atoms with Crippen molar-refractivity contribution in [2.75, 3.05) is 12.4 Å². The molecule has 1 aromatic rings. The quantitative estimate of drug-likeness (QED) is 0.774. The van der Waals surface area contributed by atoms with E-state index in [1.165, 1.54) is 11.8 Å². The van der Waals surface area contributed by atoms with E-state index in [0.717, 1.165) is 5.76 Å². The third kappa shape index (κ3) is 3.90. The summed E-state index contributed by atoms with van der Waals surface area (Å²) >= 11 is 1.44. The Morgan fingerprint density at radius 3 is 2.94 bits per heavy atom. The molecule has 0 aliphatic rings. The fourth-order valence-corrected chi connectivity index (χ4v) is 2.31. The summed E-state index contributed by atoms with van der Waals surface area (Å²) in [7, 11) is 0. The lowest BCUT2D eigenvalue weighted by Crippen LogP contribution is -2.23. The third-order valence-corrected chi connectivity index (χ3v) is 3.41. The van der Waals surface area contributed by atoms with Gasteiger partial charge >= 0.3 is 5.97 Å². The number of ether oxygens (including phenoxy) is 1. The van der Waals surface area contributed by atoms with E-state index < -0.39 is 0 Å². The third-order valence-electron chi connectivity index (χ3n) is 1.99. The number of esters is 1. The van der Waals surface area contributed by atoms with Gasteiger partial charge in [-0.05, 0) is 26.0 Å². The summed E-state index contributed by atoms with van der Waals surface area (Å²) in [6.45, 7) is 4.09. The van der Waals surface area contributed by atoms with E-state index in [2.05, 4.69) is 0 Å². The molecule has 0 fully saturated rings. The number of thioether (sulfide) groups is 1. The van der Waals surface area contributed by atoms with Crippen LogP contribution in [0.15, 0.2) is 22.8 Å². The fourth-order valence-electron chi connectivity index (χ4n) is 1.31. The summed E-state index contributed by atoms with van der Waals surface area (Å²) in [5.41, 5.74) is 5.86. The molecule has 4 nitrogen and oxygen atoms in total. The largest absolute Gasteiger partial charge is 0.468 e. The van der Waals surface area contributed by atoms with Crippen LogP contribution in [0, 0.1) is 0 Å². The van der Waals surface area contributed by atoms with Crippen molar-refractivity contribution in [3.63, 3.8) is 0 Å². The molecule has 0 saturated heterocycles. The monoisotopic (exact) mass is 243 g/mol. The molecule has 0 spiro atoms. The van der Waals surface area contributed by atoms with Crippen molar-refractivity contribution in [2.24, 2.45) is 5.73 Å². The molecule has 0 amide bonds. The van der Waals surface area contributed by atoms with Crippen LogP contribution in [0.5, 0.6) is 0 Å². The first-order valence-electron chi connectivity index (χ1n) is 5.21. The number of carbonyl (C=O) groups is 1. The van der Waals surface area contributed by atoms with Crippen LogP contribution < -0.4 is 5.73 Å². The molecule has 0 saturated carbocycles. The second kappa shape index (κ2) is 6.60. The summed E-state index contributed by atoms with van der Waals surface area (Å²) in [5.74, 6) is 0.870. The van der Waals surface area contributed by atoms with E-state index in [-0.39, 0.29) is 17.3 Å². The van der Waals surface area contributed by atoms with Crippen molar-refractivity contribution in [1.82, 2.24) is 0 Å². The summed E-state index contributed by atoms with van der Waals surface area (Å²) in [6, 6.07) is 3.60. The zero-order chi connectivity index (χ0) is 12.0. The Kier molecular flexibility index (Phi) is 5.42. The summed E-state index contributed by atoms with van der Waals surface area (Å²) < 4.78 is 10.2. The fraction of sp³-hybridized carbons (Fsp3) is 0.545. The van der Waals surface area contributed by atoms with Crippen molar-refractivity contribution < 1.29 is 13.9 Å². The Balaban J connectivity index is 2.50. The van der Waals surface area contributed by atoms with Gasteiger partial charge in [0.1, 0.15) is 5.76 Å². The average Bonchev–Trinajstić information content (AvgIpc) is 2.71. The van der Waals surface area contributed by atoms with E-state index in [1.54, 1.807) is 13.2 Å². The maximum absolute atomic E-state index is 11.2. The lowest BCUT2D eigenvalue weighted by atomic mass is 10.2. The Morgan fingerprint density at radius 2 is 2.44 bits per heavy atom. The van der Waals surface area contributed by atoms with E-state index in [0.29, 0.717) is 12.4 Å². The molecule has 2 unspecified atom stereocenters. The molecular formula is C11H17NO3S. The highest BCUT2D eigenvalue weighted by atomic mass is 32.2. The highest BCUT2D eigenvalue weighted by Gasteiger charge is 2.20. The van der Waals surface area contributed by atoms with Gasteiger partial charge < -0.3 is 14.9 Å². The van der Waals surface area contributed by atoms with Crippen molar-refractivity contribution >= 4 is 17.7 Å². The molecule has 2 atom stereocenters. The van der Waals surface area contributed by atoms with Crippen LogP contribution in [0.2, 0.25) is 0 Å². The van der Waals surface area contributed by atoms with E-state index in [4.69, 9.17) is 14.9 Å². The van der Waals surface area contributed by atoms with Gasteiger partial charge in [-0.25, -0.2) is 0 Å². The number of hydrogen-bond donors (Lipinski definition) is 1. The van der Waals surface area contributed by atoms with Crippen molar-refractivity contribution in [3.8, 4) is 0 Å².